The van der Waals surface area contributed by atoms with Gasteiger partial charge in [-0.2, -0.15) is 0 Å². The van der Waals surface area contributed by atoms with Crippen LogP contribution in [0.5, 0.6) is 0 Å². The van der Waals surface area contributed by atoms with Gasteiger partial charge in [0.05, 0.1) is 24.8 Å². The van der Waals surface area contributed by atoms with Gasteiger partial charge in [0, 0.05) is 5.69 Å². The molecule has 0 aliphatic heterocycles. The number of carbonyl (C=O) groups is 1. The molecule has 0 aliphatic rings. The third-order valence-electron chi connectivity index (χ3n) is 4.02. The number of rotatable bonds is 7. The first-order valence-electron chi connectivity index (χ1n) is 8.68. The lowest BCUT2D eigenvalue weighted by molar-refractivity contribution is -0.113. The number of anilines is 1. The van der Waals surface area contributed by atoms with Gasteiger partial charge in [0.1, 0.15) is 5.76 Å². The predicted molar refractivity (Wildman–Crippen MR) is 106 cm³/mol. The molecule has 1 amide bonds. The first-order chi connectivity index (χ1) is 13.7. The third-order valence-corrected chi connectivity index (χ3v) is 4.99. The Morgan fingerprint density at radius 3 is 2.57 bits per heavy atom. The van der Waals surface area contributed by atoms with Crippen molar-refractivity contribution in [1.82, 2.24) is 14.8 Å². The van der Waals surface area contributed by atoms with Crippen molar-refractivity contribution >= 4 is 23.4 Å². The molecule has 0 bridgehead atoms. The molecular formula is C20H18N4O3S. The van der Waals surface area contributed by atoms with Crippen LogP contribution in [-0.4, -0.2) is 26.4 Å². The van der Waals surface area contributed by atoms with E-state index >= 15 is 0 Å². The number of nitrogens with one attached hydrogen (secondary N) is 1. The summed E-state index contributed by atoms with van der Waals surface area (Å²) >= 11 is 1.31. The molecule has 0 aliphatic carbocycles. The van der Waals surface area contributed by atoms with E-state index in [1.807, 2.05) is 54.0 Å². The zero-order valence-corrected chi connectivity index (χ0v) is 16.0. The summed E-state index contributed by atoms with van der Waals surface area (Å²) < 4.78 is 12.8. The lowest BCUT2D eigenvalue weighted by atomic mass is 10.2. The highest BCUT2D eigenvalue weighted by Gasteiger charge is 2.18. The summed E-state index contributed by atoms with van der Waals surface area (Å²) in [6.07, 6.45) is 3.21. The van der Waals surface area contributed by atoms with Crippen molar-refractivity contribution in [3.63, 3.8) is 0 Å². The van der Waals surface area contributed by atoms with E-state index in [1.165, 1.54) is 11.8 Å². The molecule has 4 rings (SSSR count). The topological polar surface area (TPSA) is 86.1 Å². The highest BCUT2D eigenvalue weighted by molar-refractivity contribution is 7.99. The SMILES string of the molecule is Cc1ccc(NC(=O)CSc2nnc(-c3ccco3)n2Cc2ccco2)cc1. The summed E-state index contributed by atoms with van der Waals surface area (Å²) in [5.41, 5.74) is 1.91. The first-order valence-corrected chi connectivity index (χ1v) is 9.66. The number of nitrogens with zero attached hydrogens (tertiary/aromatic N) is 3. The number of amides is 1. The van der Waals surface area contributed by atoms with Crippen molar-refractivity contribution in [2.75, 3.05) is 11.1 Å². The van der Waals surface area contributed by atoms with E-state index in [4.69, 9.17) is 8.83 Å². The molecule has 0 unspecified atom stereocenters. The molecule has 0 fully saturated rings. The quantitative estimate of drug-likeness (QED) is 0.472. The van der Waals surface area contributed by atoms with Crippen molar-refractivity contribution < 1.29 is 13.6 Å². The maximum atomic E-state index is 12.3. The van der Waals surface area contributed by atoms with Crippen molar-refractivity contribution in [2.24, 2.45) is 0 Å². The minimum Gasteiger partial charge on any atom is -0.467 e. The highest BCUT2D eigenvalue weighted by atomic mass is 32.2. The predicted octanol–water partition coefficient (Wildman–Crippen LogP) is 4.22. The standard InChI is InChI=1S/C20H18N4O3S/c1-14-6-8-15(9-7-14)21-18(25)13-28-20-23-22-19(17-5-3-11-27-17)24(20)12-16-4-2-10-26-16/h2-11H,12-13H2,1H3,(H,21,25). The number of hydrogen-bond donors (Lipinski definition) is 1. The van der Waals surface area contributed by atoms with Crippen LogP contribution in [0.3, 0.4) is 0 Å². The largest absolute Gasteiger partial charge is 0.467 e. The Balaban J connectivity index is 1.49. The number of thioether (sulfide) groups is 1. The fraction of sp³-hybridized carbons (Fsp3) is 0.150. The molecule has 0 saturated carbocycles. The van der Waals surface area contributed by atoms with Gasteiger partial charge in [-0.15, -0.1) is 10.2 Å². The van der Waals surface area contributed by atoms with E-state index in [9.17, 15) is 4.79 Å². The number of benzene rings is 1. The normalized spacial score (nSPS) is 10.9. The van der Waals surface area contributed by atoms with Crippen molar-refractivity contribution in [2.45, 2.75) is 18.6 Å². The molecular weight excluding hydrogens is 376 g/mol. The van der Waals surface area contributed by atoms with E-state index in [2.05, 4.69) is 15.5 Å². The number of hydrogen-bond acceptors (Lipinski definition) is 6. The van der Waals surface area contributed by atoms with E-state index in [-0.39, 0.29) is 11.7 Å². The van der Waals surface area contributed by atoms with Crippen LogP contribution in [0.15, 0.2) is 75.0 Å². The van der Waals surface area contributed by atoms with Gasteiger partial charge in [0.25, 0.3) is 0 Å². The molecule has 1 N–H and O–H groups in total. The van der Waals surface area contributed by atoms with Gasteiger partial charge in [-0.3, -0.25) is 9.36 Å². The number of carbonyl (C=O) groups excluding carboxylic acids is 1. The fourth-order valence-corrected chi connectivity index (χ4v) is 3.39. The smallest absolute Gasteiger partial charge is 0.234 e. The Morgan fingerprint density at radius 1 is 1.07 bits per heavy atom. The van der Waals surface area contributed by atoms with E-state index in [0.29, 0.717) is 23.3 Å². The van der Waals surface area contributed by atoms with Crippen molar-refractivity contribution in [1.29, 1.82) is 0 Å². The lowest BCUT2D eigenvalue weighted by Crippen LogP contribution is -2.14. The zero-order chi connectivity index (χ0) is 19.3. The second kappa shape index (κ2) is 8.18. The molecule has 142 valence electrons. The van der Waals surface area contributed by atoms with Crippen molar-refractivity contribution in [3.8, 4) is 11.6 Å². The Bertz CT molecular complexity index is 1040. The summed E-state index contributed by atoms with van der Waals surface area (Å²) in [7, 11) is 0. The molecule has 0 atom stereocenters. The maximum Gasteiger partial charge on any atom is 0.234 e. The summed E-state index contributed by atoms with van der Waals surface area (Å²) in [6.45, 7) is 2.45. The summed E-state index contributed by atoms with van der Waals surface area (Å²) in [4.78, 5) is 12.3. The number of aromatic nitrogens is 3. The fourth-order valence-electron chi connectivity index (χ4n) is 2.65. The lowest BCUT2D eigenvalue weighted by Gasteiger charge is -2.08. The Morgan fingerprint density at radius 2 is 1.86 bits per heavy atom. The molecule has 0 saturated heterocycles. The Hall–Kier alpha value is -3.26. The monoisotopic (exact) mass is 394 g/mol. The van der Waals surface area contributed by atoms with E-state index in [0.717, 1.165) is 17.0 Å². The molecule has 0 radical (unpaired) electrons. The van der Waals surface area contributed by atoms with Gasteiger partial charge in [-0.1, -0.05) is 29.5 Å². The molecule has 28 heavy (non-hydrogen) atoms. The van der Waals surface area contributed by atoms with E-state index in [1.54, 1.807) is 18.6 Å². The van der Waals surface area contributed by atoms with Gasteiger partial charge in [0.2, 0.25) is 11.7 Å². The average molecular weight is 394 g/mol. The minimum atomic E-state index is -0.110. The summed E-state index contributed by atoms with van der Waals surface area (Å²) in [5, 5.41) is 12.0. The summed E-state index contributed by atoms with van der Waals surface area (Å²) in [6, 6.07) is 15.0. The number of furan rings is 2. The van der Waals surface area contributed by atoms with Gasteiger partial charge in [-0.25, -0.2) is 0 Å². The van der Waals surface area contributed by atoms with Crippen LogP contribution in [-0.2, 0) is 11.3 Å². The molecule has 1 aromatic carbocycles. The zero-order valence-electron chi connectivity index (χ0n) is 15.2. The van der Waals surface area contributed by atoms with Crippen LogP contribution in [0.1, 0.15) is 11.3 Å². The first kappa shape index (κ1) is 18.1. The average Bonchev–Trinajstić information content (AvgIpc) is 3.44. The van der Waals surface area contributed by atoms with Crippen LogP contribution in [0.25, 0.3) is 11.6 Å². The minimum absolute atomic E-state index is 0.110. The Labute approximate surface area is 165 Å². The van der Waals surface area contributed by atoms with Crippen LogP contribution < -0.4 is 5.32 Å². The molecule has 7 nitrogen and oxygen atoms in total. The number of aryl methyl sites for hydroxylation is 1. The van der Waals surface area contributed by atoms with Crippen molar-refractivity contribution in [3.05, 3.63) is 72.4 Å². The molecule has 3 heterocycles. The maximum absolute atomic E-state index is 12.3. The van der Waals surface area contributed by atoms with Crippen LogP contribution in [0.2, 0.25) is 0 Å². The van der Waals surface area contributed by atoms with Crippen LogP contribution in [0.4, 0.5) is 5.69 Å². The van der Waals surface area contributed by atoms with Gasteiger partial charge >= 0.3 is 0 Å². The summed E-state index contributed by atoms with van der Waals surface area (Å²) in [5.74, 6) is 2.06. The van der Waals surface area contributed by atoms with Crippen LogP contribution >= 0.6 is 11.8 Å². The second-order valence-corrected chi connectivity index (χ2v) is 7.09. The molecule has 0 spiro atoms. The van der Waals surface area contributed by atoms with E-state index < -0.39 is 0 Å². The van der Waals surface area contributed by atoms with Gasteiger partial charge in [-0.05, 0) is 43.3 Å². The van der Waals surface area contributed by atoms with Gasteiger partial charge in [0.15, 0.2) is 10.9 Å². The van der Waals surface area contributed by atoms with Crippen LogP contribution in [0, 0.1) is 6.92 Å². The highest BCUT2D eigenvalue weighted by Crippen LogP contribution is 2.25. The Kier molecular flexibility index (Phi) is 5.29. The third kappa shape index (κ3) is 4.17. The molecule has 8 heteroatoms. The second-order valence-electron chi connectivity index (χ2n) is 6.15. The molecule has 3 aromatic heterocycles. The van der Waals surface area contributed by atoms with Gasteiger partial charge < -0.3 is 14.2 Å². The molecule has 4 aromatic rings.